The summed E-state index contributed by atoms with van der Waals surface area (Å²) in [6, 6.07) is -1.34. The van der Waals surface area contributed by atoms with Crippen LogP contribution in [0.2, 0.25) is 0 Å². The standard InChI is InChI=1S/C22H40N6O3/c1-16(25-2)20(30)27-14-8-12-19(27)21(31)28(17-9-5-3-4-6-10-17)18(15-29)11-7-13-26-22(23)24/h15-19,25H,3-14H2,1-2H3,(H4,23,24,26)/t16-,18-,19-/m0/s1. The summed E-state index contributed by atoms with van der Waals surface area (Å²) in [5, 5.41) is 13.0. The molecule has 2 aliphatic rings. The summed E-state index contributed by atoms with van der Waals surface area (Å²) >= 11 is 0. The fraction of sp³-hybridized carbons (Fsp3) is 0.818. The zero-order valence-corrected chi connectivity index (χ0v) is 19.1. The van der Waals surface area contributed by atoms with Crippen LogP contribution in [0.5, 0.6) is 0 Å². The van der Waals surface area contributed by atoms with Crippen molar-refractivity contribution in [2.45, 2.75) is 95.3 Å². The first-order valence-electron chi connectivity index (χ1n) is 11.7. The number of likely N-dealkylation sites (tertiary alicyclic amines) is 1. The third-order valence-corrected chi connectivity index (χ3v) is 6.60. The van der Waals surface area contributed by atoms with Crippen LogP contribution in [0.4, 0.5) is 0 Å². The molecule has 0 radical (unpaired) electrons. The minimum Gasteiger partial charge on any atom is -0.370 e. The summed E-state index contributed by atoms with van der Waals surface area (Å²) in [6.07, 6.45) is 9.67. The molecule has 0 spiro atoms. The van der Waals surface area contributed by atoms with Gasteiger partial charge in [0.2, 0.25) is 11.8 Å². The first kappa shape index (κ1) is 25.1. The second-order valence-corrected chi connectivity index (χ2v) is 8.78. The fourth-order valence-corrected chi connectivity index (χ4v) is 4.79. The highest BCUT2D eigenvalue weighted by atomic mass is 16.2. The average molecular weight is 437 g/mol. The molecular formula is C22H40N6O3. The number of nitrogens with two attached hydrogens (primary N) is 1. The van der Waals surface area contributed by atoms with Crippen LogP contribution in [0, 0.1) is 5.41 Å². The number of likely N-dealkylation sites (N-methyl/N-ethyl adjacent to an activating group) is 1. The second-order valence-electron chi connectivity index (χ2n) is 8.78. The molecule has 0 aromatic rings. The van der Waals surface area contributed by atoms with E-state index in [0.717, 1.165) is 51.2 Å². The van der Waals surface area contributed by atoms with Gasteiger partial charge in [0.15, 0.2) is 5.96 Å². The molecule has 31 heavy (non-hydrogen) atoms. The van der Waals surface area contributed by atoms with Crippen LogP contribution in [0.3, 0.4) is 0 Å². The molecular weight excluding hydrogens is 396 g/mol. The smallest absolute Gasteiger partial charge is 0.246 e. The van der Waals surface area contributed by atoms with Gasteiger partial charge in [-0.25, -0.2) is 0 Å². The minimum absolute atomic E-state index is 0.0326. The molecule has 176 valence electrons. The first-order chi connectivity index (χ1) is 14.9. The van der Waals surface area contributed by atoms with Crippen LogP contribution in [0.25, 0.3) is 0 Å². The molecule has 9 nitrogen and oxygen atoms in total. The SMILES string of the molecule is CN[C@@H](C)C(=O)N1CCC[C@H]1C(=O)N(C1CCCCCC1)[C@H](C=O)CCCNC(=N)N. The van der Waals surface area contributed by atoms with Crippen LogP contribution in [-0.2, 0) is 14.4 Å². The van der Waals surface area contributed by atoms with E-state index in [4.69, 9.17) is 11.1 Å². The number of carbonyl (C=O) groups is 3. The van der Waals surface area contributed by atoms with Crippen molar-refractivity contribution < 1.29 is 14.4 Å². The molecule has 1 aliphatic heterocycles. The lowest BCUT2D eigenvalue weighted by molar-refractivity contribution is -0.149. The van der Waals surface area contributed by atoms with Crippen LogP contribution in [-0.4, -0.2) is 78.2 Å². The Morgan fingerprint density at radius 1 is 1.19 bits per heavy atom. The predicted molar refractivity (Wildman–Crippen MR) is 121 cm³/mol. The van der Waals surface area contributed by atoms with E-state index in [9.17, 15) is 14.4 Å². The topological polar surface area (TPSA) is 132 Å². The highest BCUT2D eigenvalue weighted by Crippen LogP contribution is 2.28. The zero-order chi connectivity index (χ0) is 22.8. The van der Waals surface area contributed by atoms with Gasteiger partial charge in [-0.2, -0.15) is 0 Å². The highest BCUT2D eigenvalue weighted by molar-refractivity contribution is 5.91. The molecule has 2 fully saturated rings. The molecule has 0 unspecified atom stereocenters. The van der Waals surface area contributed by atoms with Gasteiger partial charge in [-0.15, -0.1) is 0 Å². The van der Waals surface area contributed by atoms with Gasteiger partial charge in [-0.3, -0.25) is 15.0 Å². The Bertz CT molecular complexity index is 620. The number of aldehydes is 1. The molecule has 9 heteroatoms. The van der Waals surface area contributed by atoms with Crippen molar-refractivity contribution in [1.29, 1.82) is 5.41 Å². The molecule has 0 bridgehead atoms. The quantitative estimate of drug-likeness (QED) is 0.133. The molecule has 1 heterocycles. The largest absolute Gasteiger partial charge is 0.370 e. The Kier molecular flexibility index (Phi) is 10.2. The van der Waals surface area contributed by atoms with Gasteiger partial charge in [0.25, 0.3) is 0 Å². The van der Waals surface area contributed by atoms with Crippen molar-refractivity contribution in [2.24, 2.45) is 5.73 Å². The first-order valence-corrected chi connectivity index (χ1v) is 11.7. The van der Waals surface area contributed by atoms with Crippen molar-refractivity contribution in [3.8, 4) is 0 Å². The van der Waals surface area contributed by atoms with Crippen LogP contribution < -0.4 is 16.4 Å². The second kappa shape index (κ2) is 12.6. The Morgan fingerprint density at radius 3 is 2.45 bits per heavy atom. The summed E-state index contributed by atoms with van der Waals surface area (Å²) in [4.78, 5) is 42.3. The number of nitrogens with one attached hydrogen (secondary N) is 3. The lowest BCUT2D eigenvalue weighted by Gasteiger charge is -2.39. The van der Waals surface area contributed by atoms with E-state index in [0.29, 0.717) is 32.4 Å². The minimum atomic E-state index is -0.524. The van der Waals surface area contributed by atoms with Crippen molar-refractivity contribution in [3.05, 3.63) is 0 Å². The van der Waals surface area contributed by atoms with E-state index in [-0.39, 0.29) is 29.9 Å². The van der Waals surface area contributed by atoms with E-state index >= 15 is 0 Å². The molecule has 1 saturated heterocycles. The number of carbonyl (C=O) groups excluding carboxylic acids is 3. The molecule has 3 atom stereocenters. The number of rotatable bonds is 10. The van der Waals surface area contributed by atoms with Crippen LogP contribution >= 0.6 is 0 Å². The zero-order valence-electron chi connectivity index (χ0n) is 19.1. The molecule has 1 aliphatic carbocycles. The maximum absolute atomic E-state index is 13.8. The van der Waals surface area contributed by atoms with E-state index in [2.05, 4.69) is 10.6 Å². The Hall–Kier alpha value is -2.16. The summed E-state index contributed by atoms with van der Waals surface area (Å²) in [5.74, 6) is -0.247. The van der Waals surface area contributed by atoms with Gasteiger partial charge >= 0.3 is 0 Å². The van der Waals surface area contributed by atoms with E-state index in [1.54, 1.807) is 11.9 Å². The fourth-order valence-electron chi connectivity index (χ4n) is 4.79. The normalized spacial score (nSPS) is 21.7. The maximum atomic E-state index is 13.8. The molecule has 2 amide bonds. The Balaban J connectivity index is 2.21. The van der Waals surface area contributed by atoms with Gasteiger partial charge in [0.05, 0.1) is 12.1 Å². The number of guanidine groups is 1. The van der Waals surface area contributed by atoms with Gasteiger partial charge in [-0.05, 0) is 52.5 Å². The average Bonchev–Trinajstić information content (AvgIpc) is 3.10. The summed E-state index contributed by atoms with van der Waals surface area (Å²) < 4.78 is 0. The van der Waals surface area contributed by atoms with Gasteiger partial charge in [0.1, 0.15) is 12.3 Å². The summed E-state index contributed by atoms with van der Waals surface area (Å²) in [5.41, 5.74) is 5.34. The lowest BCUT2D eigenvalue weighted by atomic mass is 10.00. The molecule has 2 rings (SSSR count). The highest BCUT2D eigenvalue weighted by Gasteiger charge is 2.41. The van der Waals surface area contributed by atoms with E-state index < -0.39 is 12.1 Å². The lowest BCUT2D eigenvalue weighted by Crippen LogP contribution is -2.57. The van der Waals surface area contributed by atoms with Gasteiger partial charge < -0.3 is 31.0 Å². The molecule has 0 aromatic heterocycles. The van der Waals surface area contributed by atoms with Crippen molar-refractivity contribution in [1.82, 2.24) is 20.4 Å². The third kappa shape index (κ3) is 6.92. The van der Waals surface area contributed by atoms with Crippen molar-refractivity contribution in [2.75, 3.05) is 20.1 Å². The molecule has 0 aromatic carbocycles. The molecule has 5 N–H and O–H groups in total. The van der Waals surface area contributed by atoms with Crippen LogP contribution in [0.15, 0.2) is 0 Å². The third-order valence-electron chi connectivity index (χ3n) is 6.60. The van der Waals surface area contributed by atoms with E-state index in [1.807, 2.05) is 11.8 Å². The summed E-state index contributed by atoms with van der Waals surface area (Å²) in [7, 11) is 1.74. The number of amides is 2. The van der Waals surface area contributed by atoms with Crippen molar-refractivity contribution in [3.63, 3.8) is 0 Å². The monoisotopic (exact) mass is 436 g/mol. The van der Waals surface area contributed by atoms with Crippen LogP contribution in [0.1, 0.15) is 71.1 Å². The number of hydrogen-bond donors (Lipinski definition) is 4. The van der Waals surface area contributed by atoms with Gasteiger partial charge in [-0.1, -0.05) is 25.7 Å². The Morgan fingerprint density at radius 2 is 1.87 bits per heavy atom. The predicted octanol–water partition coefficient (Wildman–Crippen LogP) is 0.967. The number of nitrogens with zero attached hydrogens (tertiary/aromatic N) is 2. The summed E-state index contributed by atoms with van der Waals surface area (Å²) in [6.45, 7) is 2.87. The number of hydrogen-bond acceptors (Lipinski definition) is 5. The molecule has 1 saturated carbocycles. The maximum Gasteiger partial charge on any atom is 0.246 e. The Labute approximate surface area is 186 Å². The van der Waals surface area contributed by atoms with Crippen molar-refractivity contribution >= 4 is 24.1 Å². The van der Waals surface area contributed by atoms with E-state index in [1.165, 1.54) is 0 Å². The van der Waals surface area contributed by atoms with Gasteiger partial charge in [0, 0.05) is 19.1 Å².